The lowest BCUT2D eigenvalue weighted by Crippen LogP contribution is -2.31. The molecule has 3 rings (SSSR count). The fourth-order valence-electron chi connectivity index (χ4n) is 3.43. The molecule has 1 amide bonds. The highest BCUT2D eigenvalue weighted by molar-refractivity contribution is 5.88. The minimum Gasteiger partial charge on any atom is -0.382 e. The molecule has 2 heterocycles. The zero-order chi connectivity index (χ0) is 20.3. The summed E-state index contributed by atoms with van der Waals surface area (Å²) in [4.78, 5) is 20.9. The number of amides is 1. The average Bonchev–Trinajstić information content (AvgIpc) is 3.41. The number of imidazole rings is 1. The molecule has 0 bridgehead atoms. The van der Waals surface area contributed by atoms with E-state index < -0.39 is 0 Å². The lowest BCUT2D eigenvalue weighted by Gasteiger charge is -2.13. The number of nitrogen functional groups attached to an aromatic ring is 1. The van der Waals surface area contributed by atoms with Crippen molar-refractivity contribution in [2.75, 3.05) is 25.5 Å². The Balaban J connectivity index is 1.67. The summed E-state index contributed by atoms with van der Waals surface area (Å²) in [5.74, 6) is 2.48. The standard InChI is InChI=1S/C21H33N5O2/c1-13(2)21(27)23-9-11-28-12-10-26-17(8-7-16-5-6-16)25-18-19(26)14(3)15(4)24-20(18)22/h13,16H,5-12H2,1-4H3,(H2,22,24)(H,23,27). The monoisotopic (exact) mass is 387 g/mol. The summed E-state index contributed by atoms with van der Waals surface area (Å²) >= 11 is 0. The topological polar surface area (TPSA) is 95.1 Å². The van der Waals surface area contributed by atoms with E-state index in [0.29, 0.717) is 25.6 Å². The van der Waals surface area contributed by atoms with Gasteiger partial charge in [-0.2, -0.15) is 0 Å². The fourth-order valence-corrected chi connectivity index (χ4v) is 3.43. The van der Waals surface area contributed by atoms with E-state index in [9.17, 15) is 4.79 Å². The molecule has 0 saturated heterocycles. The minimum atomic E-state index is -0.00313. The Hall–Kier alpha value is -2.15. The number of pyridine rings is 1. The second-order valence-corrected chi connectivity index (χ2v) is 8.12. The van der Waals surface area contributed by atoms with E-state index in [1.54, 1.807) is 0 Å². The van der Waals surface area contributed by atoms with Crippen LogP contribution in [0.15, 0.2) is 0 Å². The van der Waals surface area contributed by atoms with Crippen LogP contribution in [-0.4, -0.2) is 40.2 Å². The highest BCUT2D eigenvalue weighted by atomic mass is 16.5. The molecule has 0 atom stereocenters. The van der Waals surface area contributed by atoms with Gasteiger partial charge in [0, 0.05) is 31.1 Å². The smallest absolute Gasteiger partial charge is 0.222 e. The molecule has 1 saturated carbocycles. The SMILES string of the molecule is Cc1nc(N)c2nc(CCC3CC3)n(CCOCCNC(=O)C(C)C)c2c1C. The van der Waals surface area contributed by atoms with Crippen molar-refractivity contribution in [3.05, 3.63) is 17.1 Å². The van der Waals surface area contributed by atoms with Crippen LogP contribution in [0, 0.1) is 25.7 Å². The number of nitrogens with two attached hydrogens (primary N) is 1. The third kappa shape index (κ3) is 4.82. The van der Waals surface area contributed by atoms with Gasteiger partial charge in [0.1, 0.15) is 11.3 Å². The molecule has 0 spiro atoms. The first-order chi connectivity index (χ1) is 13.4. The van der Waals surface area contributed by atoms with Gasteiger partial charge in [-0.25, -0.2) is 9.97 Å². The van der Waals surface area contributed by atoms with Gasteiger partial charge in [0.25, 0.3) is 0 Å². The molecule has 1 fully saturated rings. The lowest BCUT2D eigenvalue weighted by molar-refractivity contribution is -0.124. The van der Waals surface area contributed by atoms with Crippen molar-refractivity contribution in [1.82, 2.24) is 19.9 Å². The summed E-state index contributed by atoms with van der Waals surface area (Å²) < 4.78 is 8.02. The van der Waals surface area contributed by atoms with Crippen molar-refractivity contribution in [3.8, 4) is 0 Å². The molecule has 0 radical (unpaired) electrons. The van der Waals surface area contributed by atoms with Crippen molar-refractivity contribution in [2.45, 2.75) is 59.9 Å². The number of nitrogens with one attached hydrogen (secondary N) is 1. The molecule has 1 aliphatic carbocycles. The Bertz CT molecular complexity index is 839. The Morgan fingerprint density at radius 2 is 2.04 bits per heavy atom. The van der Waals surface area contributed by atoms with Gasteiger partial charge in [-0.1, -0.05) is 26.7 Å². The van der Waals surface area contributed by atoms with Gasteiger partial charge in [-0.15, -0.1) is 0 Å². The zero-order valence-corrected chi connectivity index (χ0v) is 17.5. The maximum Gasteiger partial charge on any atom is 0.222 e. The van der Waals surface area contributed by atoms with E-state index in [4.69, 9.17) is 15.5 Å². The Morgan fingerprint density at radius 1 is 1.29 bits per heavy atom. The average molecular weight is 388 g/mol. The van der Waals surface area contributed by atoms with Crippen LogP contribution in [0.2, 0.25) is 0 Å². The molecule has 7 nitrogen and oxygen atoms in total. The Morgan fingerprint density at radius 3 is 2.71 bits per heavy atom. The predicted octanol–water partition coefficient (Wildman–Crippen LogP) is 2.76. The maximum atomic E-state index is 11.6. The van der Waals surface area contributed by atoms with Crippen molar-refractivity contribution in [2.24, 2.45) is 11.8 Å². The zero-order valence-electron chi connectivity index (χ0n) is 17.5. The van der Waals surface area contributed by atoms with Gasteiger partial charge < -0.3 is 20.4 Å². The van der Waals surface area contributed by atoms with Gasteiger partial charge in [0.2, 0.25) is 5.91 Å². The number of aryl methyl sites for hydroxylation is 3. The van der Waals surface area contributed by atoms with E-state index in [2.05, 4.69) is 21.8 Å². The number of aromatic nitrogens is 3. The van der Waals surface area contributed by atoms with Crippen molar-refractivity contribution < 1.29 is 9.53 Å². The van der Waals surface area contributed by atoms with Crippen molar-refractivity contribution in [3.63, 3.8) is 0 Å². The van der Waals surface area contributed by atoms with Crippen LogP contribution in [0.3, 0.4) is 0 Å². The molecular formula is C21H33N5O2. The van der Waals surface area contributed by atoms with Gasteiger partial charge in [-0.05, 0) is 31.7 Å². The number of rotatable bonds is 10. The predicted molar refractivity (Wildman–Crippen MR) is 111 cm³/mol. The number of hydrogen-bond acceptors (Lipinski definition) is 5. The summed E-state index contributed by atoms with van der Waals surface area (Å²) in [6.45, 7) is 10.2. The molecule has 3 N–H and O–H groups in total. The van der Waals surface area contributed by atoms with Crippen molar-refractivity contribution >= 4 is 22.8 Å². The molecular weight excluding hydrogens is 354 g/mol. The Kier molecular flexibility index (Phi) is 6.54. The highest BCUT2D eigenvalue weighted by Crippen LogP contribution is 2.34. The first-order valence-corrected chi connectivity index (χ1v) is 10.4. The number of carbonyl (C=O) groups is 1. The van der Waals surface area contributed by atoms with Crippen molar-refractivity contribution in [1.29, 1.82) is 0 Å². The number of ether oxygens (including phenoxy) is 1. The summed E-state index contributed by atoms with van der Waals surface area (Å²) in [7, 11) is 0. The van der Waals surface area contributed by atoms with Gasteiger partial charge >= 0.3 is 0 Å². The third-order valence-electron chi connectivity index (χ3n) is 5.48. The van der Waals surface area contributed by atoms with E-state index in [1.165, 1.54) is 19.3 Å². The lowest BCUT2D eigenvalue weighted by atomic mass is 10.2. The van der Waals surface area contributed by atoms with Gasteiger partial charge in [0.05, 0.1) is 18.7 Å². The van der Waals surface area contributed by atoms with Crippen LogP contribution >= 0.6 is 0 Å². The molecule has 7 heteroatoms. The molecule has 0 unspecified atom stereocenters. The molecule has 2 aromatic rings. The minimum absolute atomic E-state index is 0.00313. The number of hydrogen-bond donors (Lipinski definition) is 2. The van der Waals surface area contributed by atoms with Gasteiger partial charge in [-0.3, -0.25) is 4.79 Å². The quantitative estimate of drug-likeness (QED) is 0.611. The molecule has 28 heavy (non-hydrogen) atoms. The van der Waals surface area contributed by atoms with Crippen LogP contribution in [0.5, 0.6) is 0 Å². The molecule has 1 aliphatic rings. The summed E-state index contributed by atoms with van der Waals surface area (Å²) in [6.07, 6.45) is 4.82. The normalized spacial score (nSPS) is 14.2. The first kappa shape index (κ1) is 20.6. The number of fused-ring (bicyclic) bond motifs is 1. The second kappa shape index (κ2) is 8.90. The van der Waals surface area contributed by atoms with Crippen LogP contribution in [0.4, 0.5) is 5.82 Å². The molecule has 0 aliphatic heterocycles. The van der Waals surface area contributed by atoms with Crippen LogP contribution < -0.4 is 11.1 Å². The van der Waals surface area contributed by atoms with Crippen LogP contribution in [0.1, 0.15) is 50.2 Å². The fraction of sp³-hybridized carbons (Fsp3) is 0.667. The summed E-state index contributed by atoms with van der Waals surface area (Å²) in [5, 5.41) is 2.87. The van der Waals surface area contributed by atoms with Gasteiger partial charge in [0.15, 0.2) is 5.82 Å². The number of carbonyl (C=O) groups excluding carboxylic acids is 1. The molecule has 154 valence electrons. The molecule has 0 aromatic carbocycles. The molecule has 2 aromatic heterocycles. The number of anilines is 1. The highest BCUT2D eigenvalue weighted by Gasteiger charge is 2.23. The second-order valence-electron chi connectivity index (χ2n) is 8.12. The Labute approximate surface area is 167 Å². The van der Waals surface area contributed by atoms with Crippen LogP contribution in [-0.2, 0) is 22.5 Å². The van der Waals surface area contributed by atoms with E-state index in [-0.39, 0.29) is 11.8 Å². The summed E-state index contributed by atoms with van der Waals surface area (Å²) in [5.41, 5.74) is 10.1. The largest absolute Gasteiger partial charge is 0.382 e. The number of nitrogens with zero attached hydrogens (tertiary/aromatic N) is 3. The first-order valence-electron chi connectivity index (χ1n) is 10.4. The third-order valence-corrected chi connectivity index (χ3v) is 5.48. The van der Waals surface area contributed by atoms with E-state index in [1.807, 2.05) is 20.8 Å². The summed E-state index contributed by atoms with van der Waals surface area (Å²) in [6, 6.07) is 0. The van der Waals surface area contributed by atoms with E-state index >= 15 is 0 Å². The van der Waals surface area contributed by atoms with Crippen LogP contribution in [0.25, 0.3) is 11.0 Å². The van der Waals surface area contributed by atoms with E-state index in [0.717, 1.165) is 47.0 Å². The maximum absolute atomic E-state index is 11.6.